The van der Waals surface area contributed by atoms with E-state index in [0.29, 0.717) is 0 Å². The number of nitrogens with one attached hydrogen (secondary N) is 1. The van der Waals surface area contributed by atoms with E-state index < -0.39 is 17.2 Å². The summed E-state index contributed by atoms with van der Waals surface area (Å²) in [7, 11) is 1.63. The van der Waals surface area contributed by atoms with Gasteiger partial charge in [0.05, 0.1) is 18.7 Å². The van der Waals surface area contributed by atoms with Crippen LogP contribution in [0.2, 0.25) is 0 Å². The number of rotatable bonds is 4. The lowest BCUT2D eigenvalue weighted by Gasteiger charge is -2.27. The van der Waals surface area contributed by atoms with Gasteiger partial charge >= 0.3 is 6.09 Å². The highest BCUT2D eigenvalue weighted by atomic mass is 16.6. The summed E-state index contributed by atoms with van der Waals surface area (Å²) < 4.78 is 10.4. The van der Waals surface area contributed by atoms with E-state index in [-0.39, 0.29) is 6.04 Å². The highest BCUT2D eigenvalue weighted by Gasteiger charge is 2.50. The Kier molecular flexibility index (Phi) is 4.14. The second-order valence-corrected chi connectivity index (χ2v) is 6.53. The molecule has 1 aliphatic rings. The number of nitrogens with two attached hydrogens (primary N) is 1. The fourth-order valence-electron chi connectivity index (χ4n) is 2.29. The first-order chi connectivity index (χ1) is 9.76. The molecule has 0 radical (unpaired) electrons. The molecule has 1 unspecified atom stereocenters. The van der Waals surface area contributed by atoms with Crippen molar-refractivity contribution in [2.45, 2.75) is 50.8 Å². The van der Waals surface area contributed by atoms with Crippen LogP contribution in [0.4, 0.5) is 4.79 Å². The average Bonchev–Trinajstić information content (AvgIpc) is 3.16. The van der Waals surface area contributed by atoms with E-state index in [4.69, 9.17) is 15.2 Å². The highest BCUT2D eigenvalue weighted by Crippen LogP contribution is 2.45. The van der Waals surface area contributed by atoms with Crippen LogP contribution < -0.4 is 15.8 Å². The molecule has 0 heterocycles. The number of hydrogen-bond donors (Lipinski definition) is 2. The first-order valence-electron chi connectivity index (χ1n) is 7.16. The molecule has 1 aromatic carbocycles. The minimum atomic E-state index is -0.510. The third-order valence-electron chi connectivity index (χ3n) is 3.61. The monoisotopic (exact) mass is 292 g/mol. The molecule has 1 amide bonds. The zero-order chi connectivity index (χ0) is 15.7. The summed E-state index contributed by atoms with van der Waals surface area (Å²) in [6.45, 7) is 5.53. The van der Waals surface area contributed by atoms with E-state index in [1.54, 1.807) is 7.11 Å². The van der Waals surface area contributed by atoms with Crippen molar-refractivity contribution in [1.82, 2.24) is 5.32 Å². The molecule has 0 saturated heterocycles. The average molecular weight is 292 g/mol. The van der Waals surface area contributed by atoms with E-state index in [2.05, 4.69) is 5.32 Å². The fraction of sp³-hybridized carbons (Fsp3) is 0.562. The number of carbonyl (C=O) groups excluding carboxylic acids is 1. The van der Waals surface area contributed by atoms with Gasteiger partial charge in [-0.25, -0.2) is 4.79 Å². The number of hydrogen-bond acceptors (Lipinski definition) is 4. The summed E-state index contributed by atoms with van der Waals surface area (Å²) in [5, 5.41) is 2.93. The van der Waals surface area contributed by atoms with Crippen LogP contribution in [0.5, 0.6) is 5.75 Å². The van der Waals surface area contributed by atoms with Gasteiger partial charge in [0.2, 0.25) is 0 Å². The topological polar surface area (TPSA) is 73.6 Å². The lowest BCUT2D eigenvalue weighted by Crippen LogP contribution is -2.46. The Labute approximate surface area is 125 Å². The predicted molar refractivity (Wildman–Crippen MR) is 81.3 cm³/mol. The van der Waals surface area contributed by atoms with Crippen molar-refractivity contribution in [3.05, 3.63) is 29.8 Å². The normalized spacial score (nSPS) is 17.8. The lowest BCUT2D eigenvalue weighted by atomic mass is 9.98. The summed E-state index contributed by atoms with van der Waals surface area (Å²) in [5.74, 6) is 0.788. The first-order valence-corrected chi connectivity index (χ1v) is 7.16. The standard InChI is InChI=1S/C16H24N2O3/c1-15(2,3)21-14(19)18-16(9-10-16)13(17)11-5-7-12(20-4)8-6-11/h5-8,13H,9-10,17H2,1-4H3,(H,18,19). The van der Waals surface area contributed by atoms with Crippen molar-refractivity contribution in [2.24, 2.45) is 5.73 Å². The molecule has 0 aliphatic heterocycles. The molecule has 1 fully saturated rings. The number of amides is 1. The van der Waals surface area contributed by atoms with Crippen molar-refractivity contribution in [3.8, 4) is 5.75 Å². The first kappa shape index (κ1) is 15.6. The summed E-state index contributed by atoms with van der Waals surface area (Å²) in [6.07, 6.45) is 1.31. The van der Waals surface area contributed by atoms with Crippen molar-refractivity contribution in [1.29, 1.82) is 0 Å². The summed E-state index contributed by atoms with van der Waals surface area (Å²) in [6, 6.07) is 7.36. The highest BCUT2D eigenvalue weighted by molar-refractivity contribution is 5.69. The molecule has 2 rings (SSSR count). The quantitative estimate of drug-likeness (QED) is 0.895. The number of methoxy groups -OCH3 is 1. The number of alkyl carbamates (subject to hydrolysis) is 1. The molecule has 1 aliphatic carbocycles. The van der Waals surface area contributed by atoms with Gasteiger partial charge in [-0.1, -0.05) is 12.1 Å². The van der Waals surface area contributed by atoms with Gasteiger partial charge in [0.15, 0.2) is 0 Å². The molecule has 0 aromatic heterocycles. The van der Waals surface area contributed by atoms with Gasteiger partial charge in [-0.05, 0) is 51.3 Å². The zero-order valence-corrected chi connectivity index (χ0v) is 13.1. The number of benzene rings is 1. The molecule has 5 nitrogen and oxygen atoms in total. The van der Waals surface area contributed by atoms with Gasteiger partial charge < -0.3 is 20.5 Å². The van der Waals surface area contributed by atoms with Crippen LogP contribution >= 0.6 is 0 Å². The van der Waals surface area contributed by atoms with Crippen LogP contribution in [0.1, 0.15) is 45.2 Å². The van der Waals surface area contributed by atoms with E-state index >= 15 is 0 Å². The third-order valence-corrected chi connectivity index (χ3v) is 3.61. The predicted octanol–water partition coefficient (Wildman–Crippen LogP) is 2.75. The molecule has 21 heavy (non-hydrogen) atoms. The van der Waals surface area contributed by atoms with E-state index in [0.717, 1.165) is 24.2 Å². The SMILES string of the molecule is COc1ccc(C(N)C2(NC(=O)OC(C)(C)C)CC2)cc1. The Morgan fingerprint density at radius 1 is 1.29 bits per heavy atom. The number of ether oxygens (including phenoxy) is 2. The summed E-state index contributed by atoms with van der Waals surface area (Å²) in [4.78, 5) is 11.9. The van der Waals surface area contributed by atoms with Gasteiger partial charge in [-0.15, -0.1) is 0 Å². The third kappa shape index (κ3) is 3.88. The minimum Gasteiger partial charge on any atom is -0.497 e. The fourth-order valence-corrected chi connectivity index (χ4v) is 2.29. The molecule has 116 valence electrons. The molecule has 5 heteroatoms. The largest absolute Gasteiger partial charge is 0.497 e. The maximum Gasteiger partial charge on any atom is 0.408 e. The van der Waals surface area contributed by atoms with E-state index in [9.17, 15) is 4.79 Å². The van der Waals surface area contributed by atoms with Gasteiger partial charge in [0.1, 0.15) is 11.4 Å². The molecule has 1 saturated carbocycles. The Morgan fingerprint density at radius 3 is 2.29 bits per heavy atom. The number of carbonyl (C=O) groups is 1. The Morgan fingerprint density at radius 2 is 1.86 bits per heavy atom. The summed E-state index contributed by atoms with van der Waals surface area (Å²) >= 11 is 0. The van der Waals surface area contributed by atoms with Gasteiger partial charge in [-0.3, -0.25) is 0 Å². The van der Waals surface area contributed by atoms with Crippen molar-refractivity contribution in [3.63, 3.8) is 0 Å². The Bertz CT molecular complexity index is 501. The van der Waals surface area contributed by atoms with E-state index in [1.165, 1.54) is 0 Å². The second-order valence-electron chi connectivity index (χ2n) is 6.53. The smallest absolute Gasteiger partial charge is 0.408 e. The van der Waals surface area contributed by atoms with Crippen LogP contribution in [0, 0.1) is 0 Å². The molecule has 3 N–H and O–H groups in total. The zero-order valence-electron chi connectivity index (χ0n) is 13.1. The molecule has 0 bridgehead atoms. The lowest BCUT2D eigenvalue weighted by molar-refractivity contribution is 0.0487. The molecule has 1 atom stereocenters. The Balaban J connectivity index is 2.03. The van der Waals surface area contributed by atoms with Crippen LogP contribution in [-0.2, 0) is 4.74 Å². The van der Waals surface area contributed by atoms with Gasteiger partial charge in [0.25, 0.3) is 0 Å². The van der Waals surface area contributed by atoms with Crippen LogP contribution in [0.25, 0.3) is 0 Å². The van der Waals surface area contributed by atoms with Gasteiger partial charge in [0, 0.05) is 0 Å². The maximum atomic E-state index is 11.9. The van der Waals surface area contributed by atoms with Crippen LogP contribution in [0.3, 0.4) is 0 Å². The van der Waals surface area contributed by atoms with Crippen molar-refractivity contribution >= 4 is 6.09 Å². The van der Waals surface area contributed by atoms with Crippen molar-refractivity contribution in [2.75, 3.05) is 7.11 Å². The molecule has 0 spiro atoms. The van der Waals surface area contributed by atoms with Crippen LogP contribution in [-0.4, -0.2) is 24.3 Å². The molecular formula is C16H24N2O3. The Hall–Kier alpha value is -1.75. The summed E-state index contributed by atoms with van der Waals surface area (Å²) in [5.41, 5.74) is 6.40. The minimum absolute atomic E-state index is 0.254. The van der Waals surface area contributed by atoms with E-state index in [1.807, 2.05) is 45.0 Å². The molecule has 1 aromatic rings. The van der Waals surface area contributed by atoms with Gasteiger partial charge in [-0.2, -0.15) is 0 Å². The second kappa shape index (κ2) is 5.56. The molecular weight excluding hydrogens is 268 g/mol. The van der Waals surface area contributed by atoms with Crippen LogP contribution in [0.15, 0.2) is 24.3 Å². The maximum absolute atomic E-state index is 11.9. The van der Waals surface area contributed by atoms with Crippen molar-refractivity contribution < 1.29 is 14.3 Å².